The summed E-state index contributed by atoms with van der Waals surface area (Å²) in [6.07, 6.45) is 12.2. The Morgan fingerprint density at radius 3 is 2.62 bits per heavy atom. The van der Waals surface area contributed by atoms with Crippen LogP contribution in [0.25, 0.3) is 0 Å². The van der Waals surface area contributed by atoms with Gasteiger partial charge in [0.05, 0.1) is 6.61 Å². The van der Waals surface area contributed by atoms with Gasteiger partial charge in [-0.3, -0.25) is 14.6 Å². The summed E-state index contributed by atoms with van der Waals surface area (Å²) in [6, 6.07) is 10.4. The Morgan fingerprint density at radius 1 is 1.10 bits per heavy atom. The lowest BCUT2D eigenvalue weighted by molar-refractivity contribution is -0.143. The minimum absolute atomic E-state index is 0.0597. The number of aryl methyl sites for hydroxylation is 1. The van der Waals surface area contributed by atoms with Crippen molar-refractivity contribution < 1.29 is 14.3 Å². The molecule has 5 nitrogen and oxygen atoms in total. The maximum absolute atomic E-state index is 12.4. The summed E-state index contributed by atoms with van der Waals surface area (Å²) in [5, 5.41) is 3.10. The maximum Gasteiger partial charge on any atom is 0.305 e. The van der Waals surface area contributed by atoms with E-state index in [2.05, 4.69) is 40.7 Å². The lowest BCUT2D eigenvalue weighted by Crippen LogP contribution is -2.35. The number of amides is 1. The molecule has 0 aromatic heterocycles. The van der Waals surface area contributed by atoms with E-state index in [4.69, 9.17) is 4.74 Å². The Hall–Kier alpha value is -2.43. The van der Waals surface area contributed by atoms with Crippen molar-refractivity contribution in [2.24, 2.45) is 4.99 Å². The highest BCUT2D eigenvalue weighted by Crippen LogP contribution is 2.16. The number of unbranched alkanes of at least 4 members (excludes halogenated alkanes) is 3. The Bertz CT molecular complexity index is 683. The Balaban J connectivity index is 1.64. The fourth-order valence-corrected chi connectivity index (χ4v) is 3.46. The van der Waals surface area contributed by atoms with Gasteiger partial charge >= 0.3 is 5.97 Å². The quantitative estimate of drug-likeness (QED) is 0.363. The lowest BCUT2D eigenvalue weighted by atomic mass is 10.0. The summed E-state index contributed by atoms with van der Waals surface area (Å²) < 4.78 is 5.01. The third-order valence-corrected chi connectivity index (χ3v) is 5.00. The number of carbonyl (C=O) groups is 2. The first-order valence-electron chi connectivity index (χ1n) is 10.9. The third-order valence-electron chi connectivity index (χ3n) is 5.00. The Kier molecular flexibility index (Phi) is 10.8. The number of aliphatic imine (C=N–C) groups is 1. The molecule has 1 aromatic carbocycles. The monoisotopic (exact) mass is 398 g/mol. The van der Waals surface area contributed by atoms with E-state index in [1.807, 2.05) is 12.3 Å². The van der Waals surface area contributed by atoms with Crippen molar-refractivity contribution in [2.75, 3.05) is 6.61 Å². The number of carbonyl (C=O) groups excluding carboxylic acids is 2. The van der Waals surface area contributed by atoms with Crippen LogP contribution in [0.15, 0.2) is 47.1 Å². The van der Waals surface area contributed by atoms with E-state index >= 15 is 0 Å². The van der Waals surface area contributed by atoms with Crippen molar-refractivity contribution >= 4 is 18.1 Å². The number of nitrogens with one attached hydrogen (secondary N) is 1. The van der Waals surface area contributed by atoms with Gasteiger partial charge in [-0.15, -0.1) is 0 Å². The first-order chi connectivity index (χ1) is 14.2. The standard InChI is InChI=1S/C24H34N2O3/c1-2-29-24(28)17-16-22(19-21-14-10-18-25-21)26-23(27)15-9-4-3-6-11-20-12-7-5-8-13-20/h5,7-8,12-14,18,22H,2-4,6,9-11,15-17,19H2,1H3,(H,26,27)/t22-/m0/s1. The van der Waals surface area contributed by atoms with E-state index in [1.54, 1.807) is 6.92 Å². The highest BCUT2D eigenvalue weighted by Gasteiger charge is 2.17. The second kappa shape index (κ2) is 13.7. The first kappa shape index (κ1) is 22.9. The number of benzene rings is 1. The molecule has 1 atom stereocenters. The zero-order valence-electron chi connectivity index (χ0n) is 17.6. The lowest BCUT2D eigenvalue weighted by Gasteiger charge is -2.18. The van der Waals surface area contributed by atoms with Gasteiger partial charge in [-0.1, -0.05) is 49.2 Å². The molecule has 0 unspecified atom stereocenters. The predicted octanol–water partition coefficient (Wildman–Crippen LogP) is 4.76. The van der Waals surface area contributed by atoms with Crippen LogP contribution in [0.3, 0.4) is 0 Å². The SMILES string of the molecule is CCOC(=O)CC[C@@H](CC1=CCC=N1)NC(=O)CCCCCCc1ccccc1. The van der Waals surface area contributed by atoms with E-state index in [-0.39, 0.29) is 17.9 Å². The van der Waals surface area contributed by atoms with Crippen LogP contribution in [0.4, 0.5) is 0 Å². The molecule has 5 heteroatoms. The second-order valence-corrected chi connectivity index (χ2v) is 7.45. The van der Waals surface area contributed by atoms with Crippen molar-refractivity contribution in [1.29, 1.82) is 0 Å². The molecular formula is C24H34N2O3. The summed E-state index contributed by atoms with van der Waals surface area (Å²) in [7, 11) is 0. The molecule has 0 aliphatic carbocycles. The zero-order valence-corrected chi connectivity index (χ0v) is 17.6. The molecule has 1 aliphatic heterocycles. The van der Waals surface area contributed by atoms with Crippen molar-refractivity contribution in [3.05, 3.63) is 47.7 Å². The topological polar surface area (TPSA) is 67.8 Å². The maximum atomic E-state index is 12.4. The molecule has 0 saturated heterocycles. The van der Waals surface area contributed by atoms with Crippen LogP contribution in [0.2, 0.25) is 0 Å². The molecule has 0 saturated carbocycles. The van der Waals surface area contributed by atoms with Gasteiger partial charge in [0.2, 0.25) is 5.91 Å². The molecule has 0 spiro atoms. The number of hydrogen-bond acceptors (Lipinski definition) is 4. The molecule has 0 fully saturated rings. The average Bonchev–Trinajstić information content (AvgIpc) is 3.23. The first-order valence-corrected chi connectivity index (χ1v) is 10.9. The van der Waals surface area contributed by atoms with Crippen molar-refractivity contribution in [1.82, 2.24) is 5.32 Å². The Morgan fingerprint density at radius 2 is 1.90 bits per heavy atom. The second-order valence-electron chi connectivity index (χ2n) is 7.45. The van der Waals surface area contributed by atoms with Crippen LogP contribution in [0.5, 0.6) is 0 Å². The van der Waals surface area contributed by atoms with E-state index in [0.29, 0.717) is 32.3 Å². The van der Waals surface area contributed by atoms with E-state index in [0.717, 1.165) is 44.2 Å². The van der Waals surface area contributed by atoms with Crippen LogP contribution < -0.4 is 5.32 Å². The van der Waals surface area contributed by atoms with Crippen molar-refractivity contribution in [3.8, 4) is 0 Å². The van der Waals surface area contributed by atoms with Crippen molar-refractivity contribution in [3.63, 3.8) is 0 Å². The number of allylic oxidation sites excluding steroid dienone is 1. The largest absolute Gasteiger partial charge is 0.466 e. The molecule has 1 N–H and O–H groups in total. The minimum Gasteiger partial charge on any atom is -0.466 e. The van der Waals surface area contributed by atoms with Gasteiger partial charge < -0.3 is 10.1 Å². The number of ether oxygens (including phenoxy) is 1. The zero-order chi connectivity index (χ0) is 20.7. The fraction of sp³-hybridized carbons (Fsp3) is 0.542. The normalized spacial score (nSPS) is 13.8. The van der Waals surface area contributed by atoms with E-state index in [1.165, 1.54) is 5.56 Å². The molecule has 2 rings (SSSR count). The number of rotatable bonds is 14. The highest BCUT2D eigenvalue weighted by atomic mass is 16.5. The molecule has 1 aliphatic rings. The van der Waals surface area contributed by atoms with Gasteiger partial charge in [-0.2, -0.15) is 0 Å². The molecule has 1 heterocycles. The molecule has 29 heavy (non-hydrogen) atoms. The third kappa shape index (κ3) is 10.1. The van der Waals surface area contributed by atoms with Gasteiger partial charge in [-0.05, 0) is 38.2 Å². The van der Waals surface area contributed by atoms with Crippen molar-refractivity contribution in [2.45, 2.75) is 77.2 Å². The molecule has 1 aromatic rings. The molecular weight excluding hydrogens is 364 g/mol. The smallest absolute Gasteiger partial charge is 0.305 e. The van der Waals surface area contributed by atoms with Crippen LogP contribution in [-0.2, 0) is 20.7 Å². The van der Waals surface area contributed by atoms with Crippen LogP contribution >= 0.6 is 0 Å². The summed E-state index contributed by atoms with van der Waals surface area (Å²) in [4.78, 5) is 28.4. The highest BCUT2D eigenvalue weighted by molar-refractivity contribution is 5.76. The average molecular weight is 399 g/mol. The summed E-state index contributed by atoms with van der Waals surface area (Å²) in [5.74, 6) is -0.154. The van der Waals surface area contributed by atoms with Gasteiger partial charge in [0.1, 0.15) is 0 Å². The summed E-state index contributed by atoms with van der Waals surface area (Å²) >= 11 is 0. The van der Waals surface area contributed by atoms with Gasteiger partial charge in [0, 0.05) is 43.6 Å². The number of nitrogens with zero attached hydrogens (tertiary/aromatic N) is 1. The van der Waals surface area contributed by atoms with Crippen LogP contribution in [0.1, 0.15) is 70.3 Å². The number of hydrogen-bond donors (Lipinski definition) is 1. The molecule has 1 amide bonds. The van der Waals surface area contributed by atoms with Gasteiger partial charge in [-0.25, -0.2) is 0 Å². The van der Waals surface area contributed by atoms with E-state index in [9.17, 15) is 9.59 Å². The predicted molar refractivity (Wildman–Crippen MR) is 117 cm³/mol. The Labute approximate surface area is 174 Å². The number of esters is 1. The summed E-state index contributed by atoms with van der Waals surface area (Å²) in [5.41, 5.74) is 2.36. The van der Waals surface area contributed by atoms with Crippen LogP contribution in [0, 0.1) is 0 Å². The van der Waals surface area contributed by atoms with E-state index < -0.39 is 0 Å². The van der Waals surface area contributed by atoms with Gasteiger partial charge in [0.25, 0.3) is 0 Å². The molecule has 158 valence electrons. The molecule has 0 bridgehead atoms. The molecule has 0 radical (unpaired) electrons. The van der Waals surface area contributed by atoms with Gasteiger partial charge in [0.15, 0.2) is 0 Å². The minimum atomic E-state index is -0.214. The fourth-order valence-electron chi connectivity index (χ4n) is 3.46. The summed E-state index contributed by atoms with van der Waals surface area (Å²) in [6.45, 7) is 2.19. The van der Waals surface area contributed by atoms with Crippen LogP contribution in [-0.4, -0.2) is 30.7 Å².